The number of rotatable bonds is 8. The molecular weight excluding hydrogens is 358 g/mol. The van der Waals surface area contributed by atoms with Gasteiger partial charge in [-0.25, -0.2) is 0 Å². The van der Waals surface area contributed by atoms with E-state index >= 15 is 0 Å². The van der Waals surface area contributed by atoms with Crippen LogP contribution in [-0.4, -0.2) is 38.7 Å². The van der Waals surface area contributed by atoms with Gasteiger partial charge in [0, 0.05) is 19.5 Å². The molecule has 0 spiro atoms. The van der Waals surface area contributed by atoms with Crippen molar-refractivity contribution in [3.63, 3.8) is 0 Å². The van der Waals surface area contributed by atoms with Gasteiger partial charge in [0.2, 0.25) is 5.91 Å². The number of H-pyrrole nitrogens is 1. The van der Waals surface area contributed by atoms with E-state index in [-0.39, 0.29) is 12.5 Å². The summed E-state index contributed by atoms with van der Waals surface area (Å²) in [6.45, 7) is 6.24. The molecule has 7 heteroatoms. The minimum absolute atomic E-state index is 0.0535. The maximum atomic E-state index is 12.3. The monoisotopic (exact) mass is 387 g/mol. The van der Waals surface area contributed by atoms with Crippen LogP contribution in [0.5, 0.6) is 0 Å². The summed E-state index contributed by atoms with van der Waals surface area (Å²) in [5.74, 6) is 0.780. The summed E-state index contributed by atoms with van der Waals surface area (Å²) in [5.41, 5.74) is 2.44. The van der Waals surface area contributed by atoms with Gasteiger partial charge in [0.1, 0.15) is 12.4 Å². The van der Waals surface area contributed by atoms with Gasteiger partial charge < -0.3 is 5.32 Å². The van der Waals surface area contributed by atoms with Crippen molar-refractivity contribution in [2.24, 2.45) is 0 Å². The molecule has 2 heterocycles. The normalized spacial score (nSPS) is 15.0. The molecule has 1 amide bonds. The minimum atomic E-state index is -0.0535. The lowest BCUT2D eigenvalue weighted by Gasteiger charge is -2.26. The van der Waals surface area contributed by atoms with Crippen LogP contribution in [0.3, 0.4) is 0 Å². The quantitative estimate of drug-likeness (QED) is 0.683. The Morgan fingerprint density at radius 3 is 2.59 bits per heavy atom. The van der Waals surface area contributed by atoms with E-state index in [1.807, 2.05) is 0 Å². The number of aryl methyl sites for hydroxylation is 1. The first-order chi connectivity index (χ1) is 13.2. The Kier molecular flexibility index (Phi) is 7.18. The SMILES string of the molecule is CCCc1n[nH]c(=S)n1CC(=O)NCc1ccc(CN2CCCCC2)cc1. The van der Waals surface area contributed by atoms with Gasteiger partial charge in [-0.15, -0.1) is 0 Å². The number of hydrogen-bond acceptors (Lipinski definition) is 4. The third kappa shape index (κ3) is 5.74. The zero-order chi connectivity index (χ0) is 19.1. The Hall–Kier alpha value is -1.99. The summed E-state index contributed by atoms with van der Waals surface area (Å²) >= 11 is 5.23. The molecule has 146 valence electrons. The highest BCUT2D eigenvalue weighted by atomic mass is 32.1. The highest BCUT2D eigenvalue weighted by Crippen LogP contribution is 2.13. The van der Waals surface area contributed by atoms with E-state index in [0.717, 1.165) is 30.8 Å². The lowest BCUT2D eigenvalue weighted by molar-refractivity contribution is -0.121. The fourth-order valence-electron chi connectivity index (χ4n) is 3.47. The van der Waals surface area contributed by atoms with Crippen LogP contribution >= 0.6 is 12.2 Å². The second-order valence-electron chi connectivity index (χ2n) is 7.21. The van der Waals surface area contributed by atoms with Gasteiger partial charge >= 0.3 is 0 Å². The highest BCUT2D eigenvalue weighted by Gasteiger charge is 2.11. The Bertz CT molecular complexity index is 789. The summed E-state index contributed by atoms with van der Waals surface area (Å²) in [7, 11) is 0. The number of benzene rings is 1. The molecule has 1 aliphatic heterocycles. The van der Waals surface area contributed by atoms with Crippen LogP contribution < -0.4 is 5.32 Å². The van der Waals surface area contributed by atoms with Gasteiger partial charge in [-0.05, 0) is 55.7 Å². The molecule has 1 saturated heterocycles. The molecule has 0 bridgehead atoms. The van der Waals surface area contributed by atoms with Gasteiger partial charge in [0.25, 0.3) is 0 Å². The number of carbonyl (C=O) groups excluding carboxylic acids is 1. The van der Waals surface area contributed by atoms with E-state index in [2.05, 4.69) is 51.6 Å². The maximum absolute atomic E-state index is 12.3. The van der Waals surface area contributed by atoms with Crippen molar-refractivity contribution in [2.45, 2.75) is 58.7 Å². The molecule has 6 nitrogen and oxygen atoms in total. The molecule has 1 aromatic carbocycles. The van der Waals surface area contributed by atoms with Gasteiger partial charge in [0.15, 0.2) is 4.77 Å². The van der Waals surface area contributed by atoms with Gasteiger partial charge in [-0.3, -0.25) is 19.4 Å². The van der Waals surface area contributed by atoms with Gasteiger partial charge in [0.05, 0.1) is 0 Å². The van der Waals surface area contributed by atoms with Crippen molar-refractivity contribution in [3.05, 3.63) is 46.0 Å². The zero-order valence-corrected chi connectivity index (χ0v) is 16.9. The van der Waals surface area contributed by atoms with Crippen LogP contribution in [0.15, 0.2) is 24.3 Å². The number of aromatic amines is 1. The molecule has 0 unspecified atom stereocenters. The lowest BCUT2D eigenvalue weighted by Crippen LogP contribution is -2.29. The molecule has 2 N–H and O–H groups in total. The number of carbonyl (C=O) groups is 1. The van der Waals surface area contributed by atoms with Crippen LogP contribution in [0, 0.1) is 4.77 Å². The summed E-state index contributed by atoms with van der Waals surface area (Å²) in [6.07, 6.45) is 5.75. The number of nitrogens with zero attached hydrogens (tertiary/aromatic N) is 3. The van der Waals surface area contributed by atoms with E-state index in [1.54, 1.807) is 4.57 Å². The summed E-state index contributed by atoms with van der Waals surface area (Å²) < 4.78 is 2.27. The predicted molar refractivity (Wildman–Crippen MR) is 109 cm³/mol. The summed E-state index contributed by atoms with van der Waals surface area (Å²) in [6, 6.07) is 8.54. The first-order valence-corrected chi connectivity index (χ1v) is 10.3. The second kappa shape index (κ2) is 9.80. The van der Waals surface area contributed by atoms with E-state index in [0.29, 0.717) is 11.3 Å². The smallest absolute Gasteiger partial charge is 0.240 e. The van der Waals surface area contributed by atoms with Gasteiger partial charge in [-0.1, -0.05) is 37.6 Å². The van der Waals surface area contributed by atoms with Crippen molar-refractivity contribution in [1.29, 1.82) is 0 Å². The standard InChI is InChI=1S/C20H29N5OS/c1-2-6-18-22-23-20(27)25(18)15-19(26)21-13-16-7-9-17(10-8-16)14-24-11-4-3-5-12-24/h7-10H,2-6,11-15H2,1H3,(H,21,26)(H,23,27). The van der Waals surface area contributed by atoms with Crippen molar-refractivity contribution in [1.82, 2.24) is 25.0 Å². The number of aromatic nitrogens is 3. The minimum Gasteiger partial charge on any atom is -0.350 e. The Balaban J connectivity index is 1.48. The average Bonchev–Trinajstić information content (AvgIpc) is 3.02. The number of nitrogens with one attached hydrogen (secondary N) is 2. The predicted octanol–water partition coefficient (Wildman–Crippen LogP) is 3.20. The molecule has 0 atom stereocenters. The maximum Gasteiger partial charge on any atom is 0.240 e. The zero-order valence-electron chi connectivity index (χ0n) is 16.0. The first kappa shape index (κ1) is 19.8. The van der Waals surface area contributed by atoms with Crippen LogP contribution in [0.25, 0.3) is 0 Å². The van der Waals surface area contributed by atoms with Crippen LogP contribution in [0.1, 0.15) is 49.6 Å². The average molecular weight is 388 g/mol. The highest BCUT2D eigenvalue weighted by molar-refractivity contribution is 7.71. The van der Waals surface area contributed by atoms with E-state index < -0.39 is 0 Å². The van der Waals surface area contributed by atoms with Crippen LogP contribution in [0.4, 0.5) is 0 Å². The molecule has 1 aromatic heterocycles. The van der Waals surface area contributed by atoms with E-state index in [4.69, 9.17) is 12.2 Å². The van der Waals surface area contributed by atoms with Crippen molar-refractivity contribution >= 4 is 18.1 Å². The van der Waals surface area contributed by atoms with E-state index in [9.17, 15) is 4.79 Å². The molecule has 0 radical (unpaired) electrons. The number of likely N-dealkylation sites (tertiary alicyclic amines) is 1. The fourth-order valence-corrected chi connectivity index (χ4v) is 3.68. The number of amides is 1. The third-order valence-corrected chi connectivity index (χ3v) is 5.29. The molecule has 27 heavy (non-hydrogen) atoms. The molecule has 2 aromatic rings. The Morgan fingerprint density at radius 1 is 1.19 bits per heavy atom. The fraction of sp³-hybridized carbons (Fsp3) is 0.550. The molecule has 3 rings (SSSR count). The molecule has 0 saturated carbocycles. The topological polar surface area (TPSA) is 66.0 Å². The van der Waals surface area contributed by atoms with E-state index in [1.165, 1.54) is 37.9 Å². The number of hydrogen-bond donors (Lipinski definition) is 2. The van der Waals surface area contributed by atoms with Crippen molar-refractivity contribution < 1.29 is 4.79 Å². The summed E-state index contributed by atoms with van der Waals surface area (Å²) in [4.78, 5) is 14.8. The lowest BCUT2D eigenvalue weighted by atomic mass is 10.1. The third-order valence-electron chi connectivity index (χ3n) is 4.98. The second-order valence-corrected chi connectivity index (χ2v) is 7.60. The molecule has 1 aliphatic rings. The molecular formula is C20H29N5OS. The van der Waals surface area contributed by atoms with Crippen molar-refractivity contribution in [3.8, 4) is 0 Å². The van der Waals surface area contributed by atoms with Crippen molar-refractivity contribution in [2.75, 3.05) is 13.1 Å². The summed E-state index contributed by atoms with van der Waals surface area (Å²) in [5, 5.41) is 9.95. The van der Waals surface area contributed by atoms with Crippen LogP contribution in [-0.2, 0) is 30.8 Å². The van der Waals surface area contributed by atoms with Gasteiger partial charge in [-0.2, -0.15) is 5.10 Å². The Labute approximate surface area is 166 Å². The number of piperidine rings is 1. The van der Waals surface area contributed by atoms with Crippen LogP contribution in [0.2, 0.25) is 0 Å². The molecule has 1 fully saturated rings. The first-order valence-electron chi connectivity index (χ1n) is 9.86. The molecule has 0 aliphatic carbocycles. The Morgan fingerprint density at radius 2 is 1.89 bits per heavy atom. The largest absolute Gasteiger partial charge is 0.350 e.